The Bertz CT molecular complexity index is 701. The fourth-order valence-corrected chi connectivity index (χ4v) is 4.20. The van der Waals surface area contributed by atoms with E-state index in [9.17, 15) is 0 Å². The average Bonchev–Trinajstić information content (AvgIpc) is 2.55. The first kappa shape index (κ1) is 17.7. The lowest BCUT2D eigenvalue weighted by Crippen LogP contribution is -2.44. The minimum atomic E-state index is 0.617. The quantitative estimate of drug-likeness (QED) is 0.784. The maximum atomic E-state index is 6.07. The highest BCUT2D eigenvalue weighted by molar-refractivity contribution is 7.99. The van der Waals surface area contributed by atoms with E-state index in [-0.39, 0.29) is 0 Å². The monoisotopic (exact) mass is 383 g/mol. The highest BCUT2D eigenvalue weighted by Gasteiger charge is 2.17. The van der Waals surface area contributed by atoms with E-state index in [1.165, 1.54) is 11.8 Å². The zero-order valence-corrected chi connectivity index (χ0v) is 16.0. The number of methoxy groups -OCH3 is 1. The van der Waals surface area contributed by atoms with Crippen molar-refractivity contribution in [2.45, 2.75) is 9.79 Å². The second-order valence-electron chi connectivity index (χ2n) is 5.67. The van der Waals surface area contributed by atoms with Gasteiger partial charge in [0.05, 0.1) is 12.0 Å². The molecule has 7 heteroatoms. The average molecular weight is 384 g/mol. The summed E-state index contributed by atoms with van der Waals surface area (Å²) in [5.41, 5.74) is 0. The number of rotatable bonds is 4. The highest BCUT2D eigenvalue weighted by atomic mass is 35.5. The number of piperazine rings is 1. The predicted octanol–water partition coefficient (Wildman–Crippen LogP) is 4.30. The van der Waals surface area contributed by atoms with Crippen LogP contribution < -0.4 is 9.64 Å². The van der Waals surface area contributed by atoms with E-state index in [2.05, 4.69) is 21.8 Å². The Morgan fingerprint density at radius 3 is 2.33 bits per heavy atom. The van der Waals surface area contributed by atoms with Crippen molar-refractivity contribution in [3.8, 4) is 5.88 Å². The Morgan fingerprint density at radius 2 is 1.71 bits per heavy atom. The molecule has 0 N–H and O–H groups in total. The molecule has 1 aromatic heterocycles. The van der Waals surface area contributed by atoms with Gasteiger partial charge in [0.15, 0.2) is 0 Å². The van der Waals surface area contributed by atoms with Gasteiger partial charge >= 0.3 is 0 Å². The summed E-state index contributed by atoms with van der Waals surface area (Å²) in [6.45, 7) is 4.04. The van der Waals surface area contributed by atoms with Crippen molar-refractivity contribution in [2.75, 3.05) is 45.2 Å². The van der Waals surface area contributed by atoms with Crippen LogP contribution in [0.2, 0.25) is 10.0 Å². The number of likely N-dealkylation sites (N-methyl/N-ethyl adjacent to an activating group) is 1. The lowest BCUT2D eigenvalue weighted by Gasteiger charge is -2.33. The van der Waals surface area contributed by atoms with Crippen LogP contribution in [0, 0.1) is 0 Å². The van der Waals surface area contributed by atoms with Crippen LogP contribution in [0.25, 0.3) is 0 Å². The van der Waals surface area contributed by atoms with Gasteiger partial charge in [-0.2, -0.15) is 4.98 Å². The number of nitrogens with zero attached hydrogens (tertiary/aromatic N) is 3. The maximum absolute atomic E-state index is 6.07. The number of hydrogen-bond acceptors (Lipinski definition) is 5. The maximum Gasteiger partial charge on any atom is 0.229 e. The van der Waals surface area contributed by atoms with Crippen LogP contribution in [-0.4, -0.2) is 50.2 Å². The van der Waals surface area contributed by atoms with E-state index in [0.717, 1.165) is 41.8 Å². The molecule has 1 aliphatic heterocycles. The fourth-order valence-electron chi connectivity index (χ4n) is 2.57. The summed E-state index contributed by atoms with van der Waals surface area (Å²) >= 11 is 13.7. The van der Waals surface area contributed by atoms with E-state index >= 15 is 0 Å². The van der Waals surface area contributed by atoms with E-state index in [0.29, 0.717) is 15.9 Å². The van der Waals surface area contributed by atoms with Gasteiger partial charge in [0.2, 0.25) is 5.88 Å². The van der Waals surface area contributed by atoms with Crippen LogP contribution in [0.5, 0.6) is 5.88 Å². The Balaban J connectivity index is 1.81. The van der Waals surface area contributed by atoms with Crippen LogP contribution in [0.15, 0.2) is 40.1 Å². The molecular weight excluding hydrogens is 365 g/mol. The molecule has 0 radical (unpaired) electrons. The number of halogens is 2. The smallest absolute Gasteiger partial charge is 0.229 e. The molecule has 2 heterocycles. The summed E-state index contributed by atoms with van der Waals surface area (Å²) in [4.78, 5) is 11.2. The number of hydrogen-bond donors (Lipinski definition) is 0. The lowest BCUT2D eigenvalue weighted by molar-refractivity contribution is 0.311. The normalized spacial score (nSPS) is 15.6. The Labute approximate surface area is 156 Å². The van der Waals surface area contributed by atoms with E-state index in [4.69, 9.17) is 27.9 Å². The molecule has 1 aromatic carbocycles. The van der Waals surface area contributed by atoms with E-state index in [1.54, 1.807) is 13.2 Å². The zero-order chi connectivity index (χ0) is 17.1. The molecule has 0 bridgehead atoms. The van der Waals surface area contributed by atoms with Crippen molar-refractivity contribution in [3.05, 3.63) is 40.4 Å². The van der Waals surface area contributed by atoms with Gasteiger partial charge < -0.3 is 14.5 Å². The van der Waals surface area contributed by atoms with Crippen molar-refractivity contribution in [3.63, 3.8) is 0 Å². The van der Waals surface area contributed by atoms with Crippen LogP contribution in [-0.2, 0) is 0 Å². The summed E-state index contributed by atoms with van der Waals surface area (Å²) in [6.07, 6.45) is 0. The molecule has 0 amide bonds. The predicted molar refractivity (Wildman–Crippen MR) is 101 cm³/mol. The van der Waals surface area contributed by atoms with Gasteiger partial charge in [-0.05, 0) is 37.4 Å². The molecule has 1 fully saturated rings. The van der Waals surface area contributed by atoms with Gasteiger partial charge in [-0.15, -0.1) is 0 Å². The second-order valence-corrected chi connectivity index (χ2v) is 7.66. The third-order valence-electron chi connectivity index (χ3n) is 3.90. The van der Waals surface area contributed by atoms with Gasteiger partial charge in [0.1, 0.15) is 5.82 Å². The van der Waals surface area contributed by atoms with Crippen molar-refractivity contribution < 1.29 is 4.74 Å². The number of anilines is 1. The molecule has 2 aromatic rings. The summed E-state index contributed by atoms with van der Waals surface area (Å²) in [6, 6.07) is 9.57. The van der Waals surface area contributed by atoms with Crippen LogP contribution >= 0.6 is 35.0 Å². The lowest BCUT2D eigenvalue weighted by atomic mass is 10.3. The van der Waals surface area contributed by atoms with Crippen molar-refractivity contribution in [1.29, 1.82) is 0 Å². The first-order valence-corrected chi connectivity index (χ1v) is 9.25. The zero-order valence-electron chi connectivity index (χ0n) is 13.6. The van der Waals surface area contributed by atoms with Gasteiger partial charge in [-0.3, -0.25) is 0 Å². The molecule has 1 aliphatic rings. The van der Waals surface area contributed by atoms with Crippen molar-refractivity contribution in [2.24, 2.45) is 0 Å². The molecule has 3 rings (SSSR count). The topological polar surface area (TPSA) is 28.6 Å². The first-order chi connectivity index (χ1) is 11.5. The van der Waals surface area contributed by atoms with Crippen molar-refractivity contribution in [1.82, 2.24) is 9.88 Å². The Hall–Kier alpha value is -1.14. The third kappa shape index (κ3) is 4.28. The van der Waals surface area contributed by atoms with E-state index < -0.39 is 0 Å². The Kier molecular flexibility index (Phi) is 5.76. The molecule has 4 nitrogen and oxygen atoms in total. The van der Waals surface area contributed by atoms with Crippen LogP contribution in [0.1, 0.15) is 0 Å². The second kappa shape index (κ2) is 7.83. The third-order valence-corrected chi connectivity index (χ3v) is 5.33. The standard InChI is InChI=1S/C17H19Cl2N3OS/c1-21-5-7-22(8-6-21)16-4-3-15(17(20-16)23-2)24-14-10-12(18)9-13(19)11-14/h3-4,9-11H,5-8H2,1-2H3. The number of ether oxygens (including phenoxy) is 1. The van der Waals surface area contributed by atoms with Gasteiger partial charge in [0.25, 0.3) is 0 Å². The molecule has 128 valence electrons. The van der Waals surface area contributed by atoms with Gasteiger partial charge in [-0.1, -0.05) is 35.0 Å². The number of aromatic nitrogens is 1. The van der Waals surface area contributed by atoms with Crippen LogP contribution in [0.4, 0.5) is 5.82 Å². The first-order valence-electron chi connectivity index (χ1n) is 7.67. The molecule has 0 saturated carbocycles. The molecule has 1 saturated heterocycles. The van der Waals surface area contributed by atoms with Gasteiger partial charge in [0, 0.05) is 41.1 Å². The summed E-state index contributed by atoms with van der Waals surface area (Å²) in [5, 5.41) is 1.23. The summed E-state index contributed by atoms with van der Waals surface area (Å²) < 4.78 is 5.50. The van der Waals surface area contributed by atoms with Crippen molar-refractivity contribution >= 4 is 40.8 Å². The Morgan fingerprint density at radius 1 is 1.04 bits per heavy atom. The summed E-state index contributed by atoms with van der Waals surface area (Å²) in [5.74, 6) is 1.57. The minimum Gasteiger partial charge on any atom is -0.480 e. The molecule has 0 spiro atoms. The molecule has 0 atom stereocenters. The molecule has 0 aliphatic carbocycles. The highest BCUT2D eigenvalue weighted by Crippen LogP contribution is 2.37. The molecule has 0 unspecified atom stereocenters. The van der Waals surface area contributed by atoms with Gasteiger partial charge in [-0.25, -0.2) is 0 Å². The SMILES string of the molecule is COc1nc(N2CCN(C)CC2)ccc1Sc1cc(Cl)cc(Cl)c1. The minimum absolute atomic E-state index is 0.617. The van der Waals surface area contributed by atoms with Crippen LogP contribution in [0.3, 0.4) is 0 Å². The molecular formula is C17H19Cl2N3OS. The molecule has 24 heavy (non-hydrogen) atoms. The fraction of sp³-hybridized carbons (Fsp3) is 0.353. The summed E-state index contributed by atoms with van der Waals surface area (Å²) in [7, 11) is 3.78. The van der Waals surface area contributed by atoms with E-state index in [1.807, 2.05) is 24.3 Å². The number of benzene rings is 1. The largest absolute Gasteiger partial charge is 0.480 e. The number of pyridine rings is 1.